The first kappa shape index (κ1) is 15.2. The average molecular weight is 311 g/mol. The molecule has 0 bridgehead atoms. The molecule has 0 aliphatic carbocycles. The third-order valence-corrected chi connectivity index (χ3v) is 4.27. The predicted octanol–water partition coefficient (Wildman–Crippen LogP) is 0.977. The van der Waals surface area contributed by atoms with Gasteiger partial charge in [-0.15, -0.1) is 4.40 Å². The van der Waals surface area contributed by atoms with Gasteiger partial charge in [0.2, 0.25) is 0 Å². The van der Waals surface area contributed by atoms with Gasteiger partial charge in [0, 0.05) is 19.8 Å². The number of hydrogen-bond acceptors (Lipinski definition) is 3. The summed E-state index contributed by atoms with van der Waals surface area (Å²) in [7, 11) is -2.42. The minimum atomic E-state index is -3.73. The third-order valence-electron chi connectivity index (χ3n) is 2.93. The predicted molar refractivity (Wildman–Crippen MR) is 76.1 cm³/mol. The van der Waals surface area contributed by atoms with Gasteiger partial charge in [0.1, 0.15) is 5.82 Å². The maximum Gasteiger partial charge on any atom is 0.344 e. The van der Waals surface area contributed by atoms with Crippen LogP contribution in [0.2, 0.25) is 0 Å². The van der Waals surface area contributed by atoms with E-state index in [1.165, 1.54) is 32.3 Å². The van der Waals surface area contributed by atoms with Gasteiger partial charge in [-0.3, -0.25) is 9.10 Å². The zero-order chi connectivity index (χ0) is 15.6. The molecule has 6 nitrogen and oxygen atoms in total. The van der Waals surface area contributed by atoms with Crippen molar-refractivity contribution in [2.45, 2.75) is 13.5 Å². The van der Waals surface area contributed by atoms with Gasteiger partial charge >= 0.3 is 10.2 Å². The van der Waals surface area contributed by atoms with Crippen molar-refractivity contribution in [3.8, 4) is 0 Å². The Hall–Kier alpha value is -2.22. The quantitative estimate of drug-likeness (QED) is 0.903. The molecule has 1 aliphatic heterocycles. The van der Waals surface area contributed by atoms with E-state index < -0.39 is 16.1 Å². The molecule has 0 unspecified atom stereocenters. The van der Waals surface area contributed by atoms with Gasteiger partial charge in [0.05, 0.1) is 11.3 Å². The van der Waals surface area contributed by atoms with E-state index in [0.29, 0.717) is 0 Å². The summed E-state index contributed by atoms with van der Waals surface area (Å²) in [6.07, 6.45) is 1.22. The molecule has 0 radical (unpaired) electrons. The van der Waals surface area contributed by atoms with Gasteiger partial charge in [-0.1, -0.05) is 12.1 Å². The molecule has 0 fully saturated rings. The van der Waals surface area contributed by atoms with E-state index in [2.05, 4.69) is 9.71 Å². The molecule has 0 saturated heterocycles. The lowest BCUT2D eigenvalue weighted by atomic mass is 10.1. The monoisotopic (exact) mass is 311 g/mol. The molecule has 2 rings (SSSR count). The van der Waals surface area contributed by atoms with E-state index >= 15 is 0 Å². The third kappa shape index (κ3) is 3.46. The highest BCUT2D eigenvalue weighted by molar-refractivity contribution is 7.88. The van der Waals surface area contributed by atoms with Gasteiger partial charge in [-0.05, 0) is 24.6 Å². The maximum atomic E-state index is 12.8. The molecule has 21 heavy (non-hydrogen) atoms. The van der Waals surface area contributed by atoms with Crippen molar-refractivity contribution in [3.63, 3.8) is 0 Å². The van der Waals surface area contributed by atoms with Crippen LogP contribution < -0.4 is 5.32 Å². The van der Waals surface area contributed by atoms with Crippen molar-refractivity contribution in [2.24, 2.45) is 4.40 Å². The first-order valence-corrected chi connectivity index (χ1v) is 7.48. The van der Waals surface area contributed by atoms with Crippen LogP contribution in [0.3, 0.4) is 0 Å². The number of benzene rings is 1. The lowest BCUT2D eigenvalue weighted by Crippen LogP contribution is -2.33. The van der Waals surface area contributed by atoms with E-state index in [9.17, 15) is 17.6 Å². The molecule has 1 aromatic carbocycles. The van der Waals surface area contributed by atoms with Gasteiger partial charge in [-0.25, -0.2) is 4.39 Å². The molecule has 0 spiro atoms. The molecular formula is C13H14FN3O3S. The fourth-order valence-electron chi connectivity index (χ4n) is 1.73. The van der Waals surface area contributed by atoms with Crippen molar-refractivity contribution in [1.29, 1.82) is 0 Å². The van der Waals surface area contributed by atoms with Crippen LogP contribution in [0.4, 0.5) is 4.39 Å². The van der Waals surface area contributed by atoms with Crippen molar-refractivity contribution >= 4 is 21.8 Å². The van der Waals surface area contributed by atoms with Gasteiger partial charge in [0.15, 0.2) is 0 Å². The Bertz CT molecular complexity index is 724. The summed E-state index contributed by atoms with van der Waals surface area (Å²) in [5.74, 6) is -0.794. The second kappa shape index (κ2) is 5.65. The summed E-state index contributed by atoms with van der Waals surface area (Å²) in [5, 5.41) is 2.63. The lowest BCUT2D eigenvalue weighted by molar-refractivity contribution is -0.117. The molecule has 0 aromatic heterocycles. The van der Waals surface area contributed by atoms with Crippen molar-refractivity contribution < 1.29 is 17.6 Å². The Morgan fingerprint density at radius 2 is 1.95 bits per heavy atom. The summed E-state index contributed by atoms with van der Waals surface area (Å²) in [4.78, 5) is 12.0. The molecule has 1 amide bonds. The van der Waals surface area contributed by atoms with Crippen LogP contribution in [-0.2, 0) is 21.5 Å². The molecule has 1 heterocycles. The molecule has 1 N–H and O–H groups in total. The molecule has 0 saturated carbocycles. The van der Waals surface area contributed by atoms with Crippen LogP contribution in [0.5, 0.6) is 0 Å². The van der Waals surface area contributed by atoms with E-state index in [4.69, 9.17) is 0 Å². The molecule has 112 valence electrons. The Kier molecular flexibility index (Phi) is 4.08. The van der Waals surface area contributed by atoms with Crippen molar-refractivity contribution in [1.82, 2.24) is 9.62 Å². The largest absolute Gasteiger partial charge is 0.348 e. The van der Waals surface area contributed by atoms with Gasteiger partial charge < -0.3 is 5.32 Å². The Labute approximate surface area is 122 Å². The number of carbonyl (C=O) groups excluding carboxylic acids is 1. The zero-order valence-electron chi connectivity index (χ0n) is 11.5. The Balaban J connectivity index is 2.07. The van der Waals surface area contributed by atoms with E-state index in [-0.39, 0.29) is 23.6 Å². The summed E-state index contributed by atoms with van der Waals surface area (Å²) < 4.78 is 40.1. The molecule has 1 aliphatic rings. The number of hydrogen-bond donors (Lipinski definition) is 1. The second-order valence-electron chi connectivity index (χ2n) is 4.52. The fourth-order valence-corrected chi connectivity index (χ4v) is 2.54. The Morgan fingerprint density at radius 3 is 2.57 bits per heavy atom. The highest BCUT2D eigenvalue weighted by Crippen LogP contribution is 2.14. The summed E-state index contributed by atoms with van der Waals surface area (Å²) in [6.45, 7) is 1.66. The Morgan fingerprint density at radius 1 is 1.33 bits per heavy atom. The van der Waals surface area contributed by atoms with E-state index in [1.54, 1.807) is 12.1 Å². The fraction of sp³-hybridized carbons (Fsp3) is 0.231. The van der Waals surface area contributed by atoms with Crippen LogP contribution in [0.1, 0.15) is 12.5 Å². The highest BCUT2D eigenvalue weighted by atomic mass is 32.2. The van der Waals surface area contributed by atoms with E-state index in [1.807, 2.05) is 0 Å². The highest BCUT2D eigenvalue weighted by Gasteiger charge is 2.25. The van der Waals surface area contributed by atoms with Crippen LogP contribution in [0.15, 0.2) is 40.4 Å². The topological polar surface area (TPSA) is 78.8 Å². The molecule has 1 aromatic rings. The number of carbonyl (C=O) groups is 1. The summed E-state index contributed by atoms with van der Waals surface area (Å²) in [5.41, 5.74) is 1.04. The first-order chi connectivity index (χ1) is 9.79. The molecule has 8 heteroatoms. The zero-order valence-corrected chi connectivity index (χ0v) is 12.3. The summed E-state index contributed by atoms with van der Waals surface area (Å²) >= 11 is 0. The normalized spacial score (nSPS) is 17.0. The first-order valence-electron chi connectivity index (χ1n) is 6.09. The maximum absolute atomic E-state index is 12.8. The second-order valence-corrected chi connectivity index (χ2v) is 6.18. The minimum Gasteiger partial charge on any atom is -0.348 e. The SMILES string of the molecule is CC1=NS(=O)(=O)N(C)C=C1C(=O)NCc1ccc(F)cc1. The number of rotatable bonds is 3. The van der Waals surface area contributed by atoms with Crippen molar-refractivity contribution in [3.05, 3.63) is 47.4 Å². The van der Waals surface area contributed by atoms with Crippen LogP contribution in [-0.4, -0.2) is 31.4 Å². The summed E-state index contributed by atoms with van der Waals surface area (Å²) in [6, 6.07) is 5.72. The number of halogens is 1. The van der Waals surface area contributed by atoms with Gasteiger partial charge in [0.25, 0.3) is 5.91 Å². The lowest BCUT2D eigenvalue weighted by Gasteiger charge is -2.19. The molecule has 0 atom stereocenters. The smallest absolute Gasteiger partial charge is 0.344 e. The van der Waals surface area contributed by atoms with Crippen molar-refractivity contribution in [2.75, 3.05) is 7.05 Å². The molecular weight excluding hydrogens is 297 g/mol. The standard InChI is InChI=1S/C13H14FN3O3S/c1-9-12(8-17(2)21(19,20)16-9)13(18)15-7-10-3-5-11(14)6-4-10/h3-6,8H,7H2,1-2H3,(H,15,18). The number of nitrogens with one attached hydrogen (secondary N) is 1. The van der Waals surface area contributed by atoms with Crippen LogP contribution >= 0.6 is 0 Å². The van der Waals surface area contributed by atoms with E-state index in [0.717, 1.165) is 9.87 Å². The van der Waals surface area contributed by atoms with Gasteiger partial charge in [-0.2, -0.15) is 8.42 Å². The number of nitrogens with zero attached hydrogens (tertiary/aromatic N) is 2. The average Bonchev–Trinajstić information content (AvgIpc) is 2.41. The van der Waals surface area contributed by atoms with Crippen LogP contribution in [0.25, 0.3) is 0 Å². The minimum absolute atomic E-state index is 0.129. The van der Waals surface area contributed by atoms with Crippen LogP contribution in [0, 0.1) is 5.82 Å². The number of amides is 1.